The summed E-state index contributed by atoms with van der Waals surface area (Å²) in [5.41, 5.74) is 0.792. The molecule has 0 aliphatic carbocycles. The van der Waals surface area contributed by atoms with Crippen LogP contribution in [0, 0.1) is 6.92 Å². The number of rotatable bonds is 8. The Morgan fingerprint density at radius 3 is 2.37 bits per heavy atom. The molecule has 0 heterocycles. The van der Waals surface area contributed by atoms with E-state index in [1.807, 2.05) is 19.1 Å². The number of unbranched alkanes of at least 4 members (excludes halogenated alkanes) is 1. The van der Waals surface area contributed by atoms with E-state index in [9.17, 15) is 8.42 Å². The third kappa shape index (κ3) is 4.96. The minimum atomic E-state index is -3.39. The first-order valence-electron chi connectivity index (χ1n) is 7.09. The zero-order valence-corrected chi connectivity index (χ0v) is 13.0. The van der Waals surface area contributed by atoms with Gasteiger partial charge < -0.3 is 0 Å². The Labute approximate surface area is 117 Å². The van der Waals surface area contributed by atoms with Crippen LogP contribution in [-0.4, -0.2) is 14.5 Å². The maximum Gasteiger partial charge on any atom is 0.241 e. The van der Waals surface area contributed by atoms with Gasteiger partial charge in [0.05, 0.1) is 4.90 Å². The van der Waals surface area contributed by atoms with E-state index in [2.05, 4.69) is 18.6 Å². The second kappa shape index (κ2) is 7.65. The number of sulfonamides is 1. The molecule has 1 aromatic carbocycles. The Balaban J connectivity index is 2.85. The van der Waals surface area contributed by atoms with Gasteiger partial charge in [0.25, 0.3) is 0 Å². The summed E-state index contributed by atoms with van der Waals surface area (Å²) >= 11 is 0. The Morgan fingerprint density at radius 1 is 1.11 bits per heavy atom. The fourth-order valence-corrected chi connectivity index (χ4v) is 3.75. The summed E-state index contributed by atoms with van der Waals surface area (Å²) < 4.78 is 27.6. The lowest BCUT2D eigenvalue weighted by atomic mass is 10.1. The second-order valence-electron chi connectivity index (χ2n) is 5.01. The molecule has 1 atom stereocenters. The first-order chi connectivity index (χ1) is 9.01. The summed E-state index contributed by atoms with van der Waals surface area (Å²) in [5.74, 6) is 0. The van der Waals surface area contributed by atoms with Gasteiger partial charge >= 0.3 is 0 Å². The third-order valence-electron chi connectivity index (χ3n) is 3.25. The van der Waals surface area contributed by atoms with Crippen molar-refractivity contribution in [1.29, 1.82) is 0 Å². The van der Waals surface area contributed by atoms with Gasteiger partial charge in [-0.3, -0.25) is 0 Å². The first kappa shape index (κ1) is 16.2. The van der Waals surface area contributed by atoms with Crippen molar-refractivity contribution in [2.45, 2.75) is 63.8 Å². The van der Waals surface area contributed by atoms with Crippen molar-refractivity contribution in [1.82, 2.24) is 4.72 Å². The van der Waals surface area contributed by atoms with E-state index in [4.69, 9.17) is 0 Å². The highest BCUT2D eigenvalue weighted by molar-refractivity contribution is 7.89. The monoisotopic (exact) mass is 283 g/mol. The van der Waals surface area contributed by atoms with Crippen molar-refractivity contribution in [3.63, 3.8) is 0 Å². The molecule has 1 unspecified atom stereocenters. The molecule has 1 N–H and O–H groups in total. The fraction of sp³-hybridized carbons (Fsp3) is 0.600. The number of benzene rings is 1. The summed E-state index contributed by atoms with van der Waals surface area (Å²) in [7, 11) is -3.39. The predicted molar refractivity (Wildman–Crippen MR) is 79.7 cm³/mol. The SMILES string of the molecule is CCCCC(CCC)NS(=O)(=O)c1ccccc1C. The standard InChI is InChI=1S/C15H25NO2S/c1-4-6-11-14(9-5-2)16-19(17,18)15-12-8-7-10-13(15)3/h7-8,10,12,14,16H,4-6,9,11H2,1-3H3. The van der Waals surface area contributed by atoms with Gasteiger partial charge in [0.2, 0.25) is 10.0 Å². The van der Waals surface area contributed by atoms with Crippen LogP contribution in [0.4, 0.5) is 0 Å². The van der Waals surface area contributed by atoms with Gasteiger partial charge in [0, 0.05) is 6.04 Å². The largest absolute Gasteiger partial charge is 0.241 e. The van der Waals surface area contributed by atoms with Crippen LogP contribution in [0.3, 0.4) is 0 Å². The molecular weight excluding hydrogens is 258 g/mol. The average molecular weight is 283 g/mol. The van der Waals surface area contributed by atoms with Crippen LogP contribution in [-0.2, 0) is 10.0 Å². The van der Waals surface area contributed by atoms with Crippen LogP contribution in [0.15, 0.2) is 29.2 Å². The molecule has 0 saturated heterocycles. The van der Waals surface area contributed by atoms with E-state index in [0.717, 1.165) is 37.7 Å². The van der Waals surface area contributed by atoms with Crippen molar-refractivity contribution in [2.75, 3.05) is 0 Å². The zero-order chi connectivity index (χ0) is 14.3. The molecule has 0 saturated carbocycles. The lowest BCUT2D eigenvalue weighted by Crippen LogP contribution is -2.35. The maximum atomic E-state index is 12.4. The highest BCUT2D eigenvalue weighted by Gasteiger charge is 2.20. The summed E-state index contributed by atoms with van der Waals surface area (Å²) in [5, 5.41) is 0. The number of hydrogen-bond acceptors (Lipinski definition) is 2. The van der Waals surface area contributed by atoms with Crippen LogP contribution in [0.2, 0.25) is 0 Å². The van der Waals surface area contributed by atoms with Crippen LogP contribution < -0.4 is 4.72 Å². The Morgan fingerprint density at radius 2 is 1.79 bits per heavy atom. The van der Waals surface area contributed by atoms with E-state index < -0.39 is 10.0 Å². The predicted octanol–water partition coefficient (Wildman–Crippen LogP) is 3.63. The molecule has 0 fully saturated rings. The van der Waals surface area contributed by atoms with Crippen LogP contribution in [0.5, 0.6) is 0 Å². The third-order valence-corrected chi connectivity index (χ3v) is 4.93. The Kier molecular flexibility index (Phi) is 6.52. The van der Waals surface area contributed by atoms with Crippen molar-refractivity contribution < 1.29 is 8.42 Å². The lowest BCUT2D eigenvalue weighted by molar-refractivity contribution is 0.483. The van der Waals surface area contributed by atoms with Crippen molar-refractivity contribution in [3.8, 4) is 0 Å². The fourth-order valence-electron chi connectivity index (χ4n) is 2.20. The molecule has 0 spiro atoms. The Bertz CT molecular complexity index is 483. The molecule has 1 rings (SSSR count). The minimum absolute atomic E-state index is 0.0505. The second-order valence-corrected chi connectivity index (χ2v) is 6.70. The van der Waals surface area contributed by atoms with Crippen molar-refractivity contribution >= 4 is 10.0 Å². The van der Waals surface area contributed by atoms with Gasteiger partial charge in [-0.1, -0.05) is 51.3 Å². The van der Waals surface area contributed by atoms with Crippen LogP contribution in [0.1, 0.15) is 51.5 Å². The molecule has 19 heavy (non-hydrogen) atoms. The van der Waals surface area contributed by atoms with E-state index in [0.29, 0.717) is 4.90 Å². The van der Waals surface area contributed by atoms with Crippen LogP contribution >= 0.6 is 0 Å². The molecular formula is C15H25NO2S. The van der Waals surface area contributed by atoms with E-state index in [-0.39, 0.29) is 6.04 Å². The quantitative estimate of drug-likeness (QED) is 0.792. The van der Waals surface area contributed by atoms with E-state index in [1.54, 1.807) is 12.1 Å². The van der Waals surface area contributed by atoms with Gasteiger partial charge in [-0.15, -0.1) is 0 Å². The number of aryl methyl sites for hydroxylation is 1. The molecule has 0 aliphatic rings. The lowest BCUT2D eigenvalue weighted by Gasteiger charge is -2.18. The van der Waals surface area contributed by atoms with Gasteiger partial charge in [-0.2, -0.15) is 0 Å². The van der Waals surface area contributed by atoms with E-state index >= 15 is 0 Å². The zero-order valence-electron chi connectivity index (χ0n) is 12.1. The molecule has 0 radical (unpaired) electrons. The smallest absolute Gasteiger partial charge is 0.208 e. The molecule has 0 bridgehead atoms. The highest BCUT2D eigenvalue weighted by Crippen LogP contribution is 2.16. The molecule has 4 heteroatoms. The van der Waals surface area contributed by atoms with Gasteiger partial charge in [0.15, 0.2) is 0 Å². The molecule has 108 valence electrons. The normalized spacial score (nSPS) is 13.4. The van der Waals surface area contributed by atoms with Crippen molar-refractivity contribution in [2.24, 2.45) is 0 Å². The molecule has 0 amide bonds. The molecule has 0 aliphatic heterocycles. The Hall–Kier alpha value is -0.870. The summed E-state index contributed by atoms with van der Waals surface area (Å²) in [6, 6.07) is 7.17. The van der Waals surface area contributed by atoms with Gasteiger partial charge in [0.1, 0.15) is 0 Å². The summed E-state index contributed by atoms with van der Waals surface area (Å²) in [6.07, 6.45) is 4.94. The molecule has 1 aromatic rings. The topological polar surface area (TPSA) is 46.2 Å². The van der Waals surface area contributed by atoms with Gasteiger partial charge in [-0.05, 0) is 31.4 Å². The number of hydrogen-bond donors (Lipinski definition) is 1. The van der Waals surface area contributed by atoms with Crippen molar-refractivity contribution in [3.05, 3.63) is 29.8 Å². The molecule has 3 nitrogen and oxygen atoms in total. The van der Waals surface area contributed by atoms with Crippen LogP contribution in [0.25, 0.3) is 0 Å². The number of nitrogens with one attached hydrogen (secondary N) is 1. The average Bonchev–Trinajstić information content (AvgIpc) is 2.36. The maximum absolute atomic E-state index is 12.4. The summed E-state index contributed by atoms with van der Waals surface area (Å²) in [6.45, 7) is 6.04. The summed E-state index contributed by atoms with van der Waals surface area (Å²) in [4.78, 5) is 0.396. The molecule has 0 aromatic heterocycles. The minimum Gasteiger partial charge on any atom is -0.208 e. The van der Waals surface area contributed by atoms with E-state index in [1.165, 1.54) is 0 Å². The van der Waals surface area contributed by atoms with Gasteiger partial charge in [-0.25, -0.2) is 13.1 Å². The highest BCUT2D eigenvalue weighted by atomic mass is 32.2. The first-order valence-corrected chi connectivity index (χ1v) is 8.57.